The molecule has 0 aliphatic heterocycles. The summed E-state index contributed by atoms with van der Waals surface area (Å²) in [5.41, 5.74) is 1.31. The van der Waals surface area contributed by atoms with E-state index in [9.17, 15) is 9.59 Å². The van der Waals surface area contributed by atoms with Gasteiger partial charge in [-0.2, -0.15) is 0 Å². The van der Waals surface area contributed by atoms with E-state index in [2.05, 4.69) is 21.2 Å². The van der Waals surface area contributed by atoms with Crippen LogP contribution in [0.15, 0.2) is 53.0 Å². The molecular weight excluding hydrogens is 382 g/mol. The van der Waals surface area contributed by atoms with Crippen LogP contribution in [-0.2, 0) is 9.53 Å². The molecule has 23 heavy (non-hydrogen) atoms. The molecule has 0 saturated carbocycles. The van der Waals surface area contributed by atoms with Crippen molar-refractivity contribution in [3.05, 3.63) is 69.2 Å². The lowest BCUT2D eigenvalue weighted by atomic mass is 10.1. The Hall–Kier alpha value is -1.85. The summed E-state index contributed by atoms with van der Waals surface area (Å²) in [6.45, 7) is 1.52. The first-order valence-electron chi connectivity index (χ1n) is 6.93. The number of ether oxygens (including phenoxy) is 1. The molecule has 0 spiro atoms. The zero-order chi connectivity index (χ0) is 16.8. The number of carbonyl (C=O) groups excluding carboxylic acids is 2. The zero-order valence-electron chi connectivity index (χ0n) is 12.4. The van der Waals surface area contributed by atoms with Gasteiger partial charge in [0.25, 0.3) is 5.91 Å². The fraction of sp³-hybridized carbons (Fsp3) is 0.176. The summed E-state index contributed by atoms with van der Waals surface area (Å²) >= 11 is 9.11. The third-order valence-electron chi connectivity index (χ3n) is 3.16. The van der Waals surface area contributed by atoms with Crippen LogP contribution in [0, 0.1) is 0 Å². The molecule has 2 rings (SSSR count). The summed E-state index contributed by atoms with van der Waals surface area (Å²) in [5.74, 6) is -0.898. The molecule has 1 N–H and O–H groups in total. The van der Waals surface area contributed by atoms with Gasteiger partial charge in [-0.05, 0) is 48.9 Å². The van der Waals surface area contributed by atoms with Crippen molar-refractivity contribution in [2.45, 2.75) is 13.0 Å². The van der Waals surface area contributed by atoms with E-state index in [1.165, 1.54) is 0 Å². The van der Waals surface area contributed by atoms with Gasteiger partial charge in [-0.3, -0.25) is 4.79 Å². The number of nitrogens with one attached hydrogen (secondary N) is 1. The minimum Gasteiger partial charge on any atom is -0.452 e. The first-order chi connectivity index (χ1) is 11.0. The number of esters is 1. The van der Waals surface area contributed by atoms with Gasteiger partial charge < -0.3 is 10.1 Å². The molecule has 0 aromatic heterocycles. The van der Waals surface area contributed by atoms with E-state index in [4.69, 9.17) is 16.3 Å². The van der Waals surface area contributed by atoms with Crippen molar-refractivity contribution in [1.82, 2.24) is 5.32 Å². The Morgan fingerprint density at radius 3 is 2.35 bits per heavy atom. The summed E-state index contributed by atoms with van der Waals surface area (Å²) < 4.78 is 5.86. The lowest BCUT2D eigenvalue weighted by Crippen LogP contribution is -2.31. The number of carbonyl (C=O) groups is 2. The molecule has 1 atom stereocenters. The number of halogens is 2. The molecule has 0 bridgehead atoms. The van der Waals surface area contributed by atoms with Gasteiger partial charge in [0.2, 0.25) is 0 Å². The SMILES string of the molecule is C[C@@H](NC(=O)COC(=O)c1ccc(Br)cc1)c1ccc(Cl)cc1. The molecule has 120 valence electrons. The monoisotopic (exact) mass is 395 g/mol. The summed E-state index contributed by atoms with van der Waals surface area (Å²) in [4.78, 5) is 23.7. The van der Waals surface area contributed by atoms with Crippen LogP contribution in [0.1, 0.15) is 28.9 Å². The Balaban J connectivity index is 1.83. The fourth-order valence-electron chi connectivity index (χ4n) is 1.92. The van der Waals surface area contributed by atoms with Crippen molar-refractivity contribution < 1.29 is 14.3 Å². The van der Waals surface area contributed by atoms with E-state index in [1.54, 1.807) is 36.4 Å². The molecule has 0 fully saturated rings. The Labute approximate surface area is 147 Å². The molecule has 0 aliphatic rings. The van der Waals surface area contributed by atoms with Gasteiger partial charge in [0, 0.05) is 9.50 Å². The van der Waals surface area contributed by atoms with Gasteiger partial charge in [-0.25, -0.2) is 4.79 Å². The number of rotatable bonds is 5. The lowest BCUT2D eigenvalue weighted by molar-refractivity contribution is -0.124. The average molecular weight is 397 g/mol. The molecule has 0 saturated heterocycles. The molecule has 0 radical (unpaired) electrons. The van der Waals surface area contributed by atoms with E-state index in [-0.39, 0.29) is 18.6 Å². The number of amides is 1. The molecule has 2 aromatic carbocycles. The van der Waals surface area contributed by atoms with Crippen LogP contribution in [0.25, 0.3) is 0 Å². The summed E-state index contributed by atoms with van der Waals surface area (Å²) in [5, 5.41) is 3.40. The van der Waals surface area contributed by atoms with Crippen molar-refractivity contribution in [2.24, 2.45) is 0 Å². The average Bonchev–Trinajstić information content (AvgIpc) is 2.54. The van der Waals surface area contributed by atoms with E-state index in [0.29, 0.717) is 10.6 Å². The van der Waals surface area contributed by atoms with Crippen molar-refractivity contribution in [3.8, 4) is 0 Å². The molecule has 0 unspecified atom stereocenters. The summed E-state index contributed by atoms with van der Waals surface area (Å²) in [6.07, 6.45) is 0. The van der Waals surface area contributed by atoms with Crippen LogP contribution in [0.5, 0.6) is 0 Å². The highest BCUT2D eigenvalue weighted by molar-refractivity contribution is 9.10. The van der Waals surface area contributed by atoms with E-state index in [0.717, 1.165) is 10.0 Å². The first-order valence-corrected chi connectivity index (χ1v) is 8.10. The maximum absolute atomic E-state index is 11.9. The lowest BCUT2D eigenvalue weighted by Gasteiger charge is -2.14. The van der Waals surface area contributed by atoms with Crippen LogP contribution in [0.2, 0.25) is 5.02 Å². The summed E-state index contributed by atoms with van der Waals surface area (Å²) in [7, 11) is 0. The van der Waals surface area contributed by atoms with E-state index < -0.39 is 5.97 Å². The second-order valence-electron chi connectivity index (χ2n) is 4.92. The van der Waals surface area contributed by atoms with E-state index in [1.807, 2.05) is 19.1 Å². The maximum atomic E-state index is 11.9. The number of benzene rings is 2. The van der Waals surface area contributed by atoms with Crippen LogP contribution in [0.4, 0.5) is 0 Å². The normalized spacial score (nSPS) is 11.6. The summed E-state index contributed by atoms with van der Waals surface area (Å²) in [6, 6.07) is 13.7. The quantitative estimate of drug-likeness (QED) is 0.773. The van der Waals surface area contributed by atoms with Crippen molar-refractivity contribution >= 4 is 39.4 Å². The van der Waals surface area contributed by atoms with Crippen LogP contribution >= 0.6 is 27.5 Å². The van der Waals surface area contributed by atoms with Crippen LogP contribution in [-0.4, -0.2) is 18.5 Å². The highest BCUT2D eigenvalue weighted by Gasteiger charge is 2.13. The predicted octanol–water partition coefficient (Wildman–Crippen LogP) is 4.14. The third kappa shape index (κ3) is 5.37. The minimum absolute atomic E-state index is 0.203. The first kappa shape index (κ1) is 17.5. The second-order valence-corrected chi connectivity index (χ2v) is 6.28. The van der Waals surface area contributed by atoms with Gasteiger partial charge in [0.1, 0.15) is 0 Å². The second kappa shape index (κ2) is 8.13. The number of hydrogen-bond acceptors (Lipinski definition) is 3. The molecule has 0 heterocycles. The maximum Gasteiger partial charge on any atom is 0.338 e. The minimum atomic E-state index is -0.535. The largest absolute Gasteiger partial charge is 0.452 e. The highest BCUT2D eigenvalue weighted by Crippen LogP contribution is 2.16. The Morgan fingerprint density at radius 1 is 1.13 bits per heavy atom. The fourth-order valence-corrected chi connectivity index (χ4v) is 2.31. The van der Waals surface area contributed by atoms with Gasteiger partial charge in [0.05, 0.1) is 11.6 Å². The molecular formula is C17H15BrClNO3. The van der Waals surface area contributed by atoms with Gasteiger partial charge >= 0.3 is 5.97 Å². The smallest absolute Gasteiger partial charge is 0.338 e. The van der Waals surface area contributed by atoms with Gasteiger partial charge in [-0.1, -0.05) is 39.7 Å². The predicted molar refractivity (Wildman–Crippen MR) is 92.4 cm³/mol. The van der Waals surface area contributed by atoms with Crippen molar-refractivity contribution in [3.63, 3.8) is 0 Å². The standard InChI is InChI=1S/C17H15BrClNO3/c1-11(12-4-8-15(19)9-5-12)20-16(21)10-23-17(22)13-2-6-14(18)7-3-13/h2-9,11H,10H2,1H3,(H,20,21)/t11-/m1/s1. The van der Waals surface area contributed by atoms with Gasteiger partial charge in [0.15, 0.2) is 6.61 Å². The topological polar surface area (TPSA) is 55.4 Å². The Bertz CT molecular complexity index is 686. The van der Waals surface area contributed by atoms with Crippen molar-refractivity contribution in [1.29, 1.82) is 0 Å². The van der Waals surface area contributed by atoms with Crippen LogP contribution in [0.3, 0.4) is 0 Å². The van der Waals surface area contributed by atoms with Crippen LogP contribution < -0.4 is 5.32 Å². The van der Waals surface area contributed by atoms with Crippen molar-refractivity contribution in [2.75, 3.05) is 6.61 Å². The molecule has 0 aliphatic carbocycles. The zero-order valence-corrected chi connectivity index (χ0v) is 14.7. The third-order valence-corrected chi connectivity index (χ3v) is 3.94. The van der Waals surface area contributed by atoms with Gasteiger partial charge in [-0.15, -0.1) is 0 Å². The highest BCUT2D eigenvalue weighted by atomic mass is 79.9. The molecule has 4 nitrogen and oxygen atoms in total. The Kier molecular flexibility index (Phi) is 6.19. The number of hydrogen-bond donors (Lipinski definition) is 1. The molecule has 2 aromatic rings. The Morgan fingerprint density at radius 2 is 1.74 bits per heavy atom. The molecule has 6 heteroatoms. The molecule has 1 amide bonds. The van der Waals surface area contributed by atoms with E-state index >= 15 is 0 Å².